The van der Waals surface area contributed by atoms with E-state index in [-0.39, 0.29) is 38.8 Å². The van der Waals surface area contributed by atoms with Crippen molar-refractivity contribution in [1.82, 2.24) is 29.9 Å². The third kappa shape index (κ3) is 8.33. The van der Waals surface area contributed by atoms with Gasteiger partial charge in [0.05, 0.1) is 0 Å². The Bertz CT molecular complexity index is 933. The maximum Gasteiger partial charge on any atom is 0.232 e. The first kappa shape index (κ1) is 33.6. The van der Waals surface area contributed by atoms with Gasteiger partial charge in [-0.05, 0) is 38.5 Å². The molecule has 1 saturated carbocycles. The second-order valence-corrected chi connectivity index (χ2v) is 10.7. The molecule has 0 spiro atoms. The number of rotatable bonds is 18. The predicted molar refractivity (Wildman–Crippen MR) is 162 cm³/mol. The zero-order chi connectivity index (χ0) is 30.5. The van der Waals surface area contributed by atoms with Crippen molar-refractivity contribution in [2.24, 2.45) is 0 Å². The van der Waals surface area contributed by atoms with E-state index in [2.05, 4.69) is 9.97 Å². The maximum absolute atomic E-state index is 10.1. The largest absolute Gasteiger partial charge is 0.376 e. The molecule has 0 radical (unpaired) electrons. The molecule has 2 unspecified atom stereocenters. The molecule has 0 aliphatic heterocycles. The normalized spacial score (nSPS) is 16.9. The smallest absolute Gasteiger partial charge is 0.232 e. The lowest BCUT2D eigenvalue weighted by molar-refractivity contribution is 0.283. The van der Waals surface area contributed by atoms with E-state index in [4.69, 9.17) is 19.9 Å². The molecule has 14 nitrogen and oxygen atoms in total. The summed E-state index contributed by atoms with van der Waals surface area (Å²) in [7, 11) is 0. The lowest BCUT2D eigenvalue weighted by atomic mass is 9.78. The van der Waals surface area contributed by atoms with Crippen LogP contribution in [0.25, 0.3) is 0 Å². The van der Waals surface area contributed by atoms with Crippen LogP contribution in [0.1, 0.15) is 103 Å². The summed E-state index contributed by atoms with van der Waals surface area (Å²) in [6.45, 7) is 9.45. The van der Waals surface area contributed by atoms with Gasteiger partial charge >= 0.3 is 0 Å². The minimum atomic E-state index is -0.235. The highest BCUT2D eigenvalue weighted by Crippen LogP contribution is 2.43. The molecule has 2 aromatic rings. The van der Waals surface area contributed by atoms with E-state index in [0.717, 1.165) is 51.4 Å². The molecule has 2 atom stereocenters. The molecule has 4 N–H and O–H groups in total. The SMILES string of the molecule is CCCN(CO)c1nc(C2CCCCC2c2nc(N(CO)CCC)nc(N(CO)CCC)n2)nc(N(CO)CCC)n1. The van der Waals surface area contributed by atoms with E-state index in [1.54, 1.807) is 19.6 Å². The van der Waals surface area contributed by atoms with Crippen molar-refractivity contribution in [2.75, 3.05) is 72.7 Å². The van der Waals surface area contributed by atoms with Crippen LogP contribution in [-0.4, -0.2) is 103 Å². The van der Waals surface area contributed by atoms with Gasteiger partial charge in [0, 0.05) is 38.0 Å². The molecular weight excluding hydrogens is 540 g/mol. The second-order valence-electron chi connectivity index (χ2n) is 10.7. The fourth-order valence-corrected chi connectivity index (χ4v) is 5.40. The summed E-state index contributed by atoms with van der Waals surface area (Å²) >= 11 is 0. The Morgan fingerprint density at radius 3 is 0.952 bits per heavy atom. The fraction of sp³-hybridized carbons (Fsp3) is 0.786. The van der Waals surface area contributed by atoms with Gasteiger partial charge in [-0.15, -0.1) is 0 Å². The Balaban J connectivity index is 2.16. The lowest BCUT2D eigenvalue weighted by Crippen LogP contribution is -2.33. The number of hydrogen-bond acceptors (Lipinski definition) is 14. The lowest BCUT2D eigenvalue weighted by Gasteiger charge is -2.32. The summed E-state index contributed by atoms with van der Waals surface area (Å²) in [5.74, 6) is 2.36. The number of anilines is 4. The van der Waals surface area contributed by atoms with Crippen molar-refractivity contribution in [1.29, 1.82) is 0 Å². The van der Waals surface area contributed by atoms with E-state index < -0.39 is 0 Å². The zero-order valence-electron chi connectivity index (χ0n) is 25.7. The monoisotopic (exact) mass is 590 g/mol. The summed E-state index contributed by atoms with van der Waals surface area (Å²) in [6, 6.07) is 0. The molecule has 1 aliphatic rings. The molecule has 42 heavy (non-hydrogen) atoms. The van der Waals surface area contributed by atoms with Crippen LogP contribution < -0.4 is 19.6 Å². The molecule has 236 valence electrons. The molecule has 1 aliphatic carbocycles. The minimum absolute atomic E-state index is 0.144. The average Bonchev–Trinajstić information content (AvgIpc) is 3.03. The first-order valence-electron chi connectivity index (χ1n) is 15.4. The quantitative estimate of drug-likeness (QED) is 0.186. The van der Waals surface area contributed by atoms with Gasteiger partial charge in [-0.3, -0.25) is 0 Å². The van der Waals surface area contributed by atoms with E-state index in [0.29, 0.717) is 61.6 Å². The van der Waals surface area contributed by atoms with Crippen molar-refractivity contribution in [3.8, 4) is 0 Å². The Hall–Kier alpha value is -2.94. The highest BCUT2D eigenvalue weighted by Gasteiger charge is 2.35. The third-order valence-electron chi connectivity index (χ3n) is 7.48. The van der Waals surface area contributed by atoms with Crippen molar-refractivity contribution in [3.63, 3.8) is 0 Å². The number of aliphatic hydroxyl groups is 4. The Morgan fingerprint density at radius 1 is 0.476 bits per heavy atom. The maximum atomic E-state index is 10.1. The highest BCUT2D eigenvalue weighted by molar-refractivity contribution is 5.42. The summed E-state index contributed by atoms with van der Waals surface area (Å²) in [5, 5.41) is 40.5. The standard InChI is InChI=1S/C28H50N10O4/c1-5-13-35(17-39)25-29-23(30-26(33-25)36(18-40)14-6-2)21-11-9-10-12-22(21)24-31-27(37(19-41)15-7-3)34-28(32-24)38(20-42)16-8-4/h21-22,39-42H,5-20H2,1-4H3. The van der Waals surface area contributed by atoms with Gasteiger partial charge < -0.3 is 40.0 Å². The molecule has 2 aromatic heterocycles. The van der Waals surface area contributed by atoms with Crippen LogP contribution in [0.5, 0.6) is 0 Å². The number of nitrogens with zero attached hydrogens (tertiary/aromatic N) is 10. The van der Waals surface area contributed by atoms with E-state index >= 15 is 0 Å². The van der Waals surface area contributed by atoms with Crippen LogP contribution in [0, 0.1) is 0 Å². The molecule has 3 rings (SSSR count). The van der Waals surface area contributed by atoms with Crippen LogP contribution in [0.15, 0.2) is 0 Å². The van der Waals surface area contributed by atoms with Gasteiger partial charge in [0.25, 0.3) is 0 Å². The van der Waals surface area contributed by atoms with Gasteiger partial charge in [0.1, 0.15) is 38.6 Å². The van der Waals surface area contributed by atoms with Gasteiger partial charge in [-0.1, -0.05) is 40.5 Å². The van der Waals surface area contributed by atoms with Crippen LogP contribution in [0.4, 0.5) is 23.8 Å². The summed E-state index contributed by atoms with van der Waals surface area (Å²) in [5.41, 5.74) is 0. The van der Waals surface area contributed by atoms with Crippen molar-refractivity contribution >= 4 is 23.8 Å². The molecule has 0 bridgehead atoms. The van der Waals surface area contributed by atoms with Gasteiger partial charge in [-0.2, -0.15) is 29.9 Å². The third-order valence-corrected chi connectivity index (χ3v) is 7.48. The average molecular weight is 591 g/mol. The summed E-state index contributed by atoms with van der Waals surface area (Å²) in [6.07, 6.45) is 6.79. The fourth-order valence-electron chi connectivity index (χ4n) is 5.40. The molecular formula is C28H50N10O4. The van der Waals surface area contributed by atoms with Crippen molar-refractivity contribution in [2.45, 2.75) is 90.9 Å². The Morgan fingerprint density at radius 2 is 0.738 bits per heavy atom. The second kappa shape index (κ2) is 17.2. The number of aromatic nitrogens is 6. The first-order valence-corrected chi connectivity index (χ1v) is 15.4. The van der Waals surface area contributed by atoms with Gasteiger partial charge in [0.15, 0.2) is 0 Å². The molecule has 0 aromatic carbocycles. The minimum Gasteiger partial charge on any atom is -0.376 e. The van der Waals surface area contributed by atoms with Gasteiger partial charge in [-0.25, -0.2) is 0 Å². The van der Waals surface area contributed by atoms with Crippen LogP contribution in [0.3, 0.4) is 0 Å². The summed E-state index contributed by atoms with van der Waals surface area (Å²) in [4.78, 5) is 35.6. The first-order chi connectivity index (χ1) is 20.5. The van der Waals surface area contributed by atoms with Crippen LogP contribution >= 0.6 is 0 Å². The predicted octanol–water partition coefficient (Wildman–Crippen LogP) is 2.16. The highest BCUT2D eigenvalue weighted by atomic mass is 16.3. The van der Waals surface area contributed by atoms with E-state index in [1.165, 1.54) is 0 Å². The van der Waals surface area contributed by atoms with Crippen molar-refractivity contribution < 1.29 is 20.4 Å². The number of hydrogen-bond donors (Lipinski definition) is 4. The molecule has 0 saturated heterocycles. The van der Waals surface area contributed by atoms with Crippen LogP contribution in [-0.2, 0) is 0 Å². The molecule has 1 fully saturated rings. The molecule has 0 amide bonds. The van der Waals surface area contributed by atoms with Gasteiger partial charge in [0.2, 0.25) is 23.8 Å². The summed E-state index contributed by atoms with van der Waals surface area (Å²) < 4.78 is 0. The van der Waals surface area contributed by atoms with E-state index in [9.17, 15) is 20.4 Å². The topological polar surface area (TPSA) is 171 Å². The van der Waals surface area contributed by atoms with Crippen LogP contribution in [0.2, 0.25) is 0 Å². The van der Waals surface area contributed by atoms with Crippen molar-refractivity contribution in [3.05, 3.63) is 11.6 Å². The number of aliphatic hydroxyl groups excluding tert-OH is 4. The van der Waals surface area contributed by atoms with E-state index in [1.807, 2.05) is 27.7 Å². The zero-order valence-corrected chi connectivity index (χ0v) is 25.7. The Kier molecular flexibility index (Phi) is 13.8. The Labute approximate surface area is 249 Å². The molecule has 2 heterocycles. The molecule has 14 heteroatoms.